The third-order valence-electron chi connectivity index (χ3n) is 5.14. The molecule has 3 atom stereocenters. The number of aliphatic carboxylic acids is 1. The average Bonchev–Trinajstić information content (AvgIpc) is 3.00. The average molecular weight is 280 g/mol. The number of carbonyl (C=O) groups is 1. The number of benzene rings is 1. The van der Waals surface area contributed by atoms with Gasteiger partial charge in [-0.15, -0.1) is 0 Å². The van der Waals surface area contributed by atoms with E-state index >= 15 is 0 Å². The molecule has 3 unspecified atom stereocenters. The highest BCUT2D eigenvalue weighted by Gasteiger charge is 2.59. The zero-order valence-corrected chi connectivity index (χ0v) is 11.2. The molecular formula is C16H18F2O2. The molecule has 3 rings (SSSR count). The van der Waals surface area contributed by atoms with Crippen LogP contribution in [-0.4, -0.2) is 11.1 Å². The van der Waals surface area contributed by atoms with Gasteiger partial charge in [0.25, 0.3) is 5.92 Å². The molecule has 2 aliphatic carbocycles. The van der Waals surface area contributed by atoms with Crippen LogP contribution in [0.5, 0.6) is 0 Å². The summed E-state index contributed by atoms with van der Waals surface area (Å²) in [5.74, 6) is -3.88. The number of hydrogen-bond donors (Lipinski definition) is 1. The summed E-state index contributed by atoms with van der Waals surface area (Å²) < 4.78 is 28.9. The molecule has 20 heavy (non-hydrogen) atoms. The number of alkyl halides is 2. The maximum atomic E-state index is 14.5. The number of halogens is 2. The van der Waals surface area contributed by atoms with Crippen molar-refractivity contribution < 1.29 is 18.7 Å². The lowest BCUT2D eigenvalue weighted by Gasteiger charge is -2.36. The quantitative estimate of drug-likeness (QED) is 0.903. The first kappa shape index (κ1) is 13.5. The highest BCUT2D eigenvalue weighted by molar-refractivity contribution is 5.76. The van der Waals surface area contributed by atoms with Crippen LogP contribution in [0, 0.1) is 17.3 Å². The van der Waals surface area contributed by atoms with Gasteiger partial charge in [0.2, 0.25) is 0 Å². The minimum atomic E-state index is -3.08. The van der Waals surface area contributed by atoms with Gasteiger partial charge in [-0.25, -0.2) is 8.78 Å². The van der Waals surface area contributed by atoms with Crippen LogP contribution in [0.3, 0.4) is 0 Å². The van der Waals surface area contributed by atoms with E-state index in [1.54, 1.807) is 18.2 Å². The summed E-state index contributed by atoms with van der Waals surface area (Å²) in [6, 6.07) is 7.57. The summed E-state index contributed by atoms with van der Waals surface area (Å²) in [4.78, 5) is 11.7. The van der Waals surface area contributed by atoms with Crippen molar-refractivity contribution in [2.45, 2.75) is 38.0 Å². The van der Waals surface area contributed by atoms with Gasteiger partial charge < -0.3 is 5.11 Å². The molecule has 0 spiro atoms. The molecule has 0 saturated heterocycles. The van der Waals surface area contributed by atoms with Crippen LogP contribution in [0.1, 0.15) is 37.7 Å². The summed E-state index contributed by atoms with van der Waals surface area (Å²) in [6.07, 6.45) is 2.42. The lowest BCUT2D eigenvalue weighted by molar-refractivity contribution is -0.161. The first-order chi connectivity index (χ1) is 9.44. The van der Waals surface area contributed by atoms with E-state index in [9.17, 15) is 18.7 Å². The van der Waals surface area contributed by atoms with Gasteiger partial charge in [-0.05, 0) is 31.1 Å². The summed E-state index contributed by atoms with van der Waals surface area (Å²) >= 11 is 0. The van der Waals surface area contributed by atoms with Crippen LogP contribution in [0.2, 0.25) is 0 Å². The molecule has 2 fully saturated rings. The van der Waals surface area contributed by atoms with E-state index in [1.807, 2.05) is 0 Å². The third kappa shape index (κ3) is 2.02. The number of rotatable bonds is 4. The summed E-state index contributed by atoms with van der Waals surface area (Å²) in [7, 11) is 0. The van der Waals surface area contributed by atoms with Crippen molar-refractivity contribution >= 4 is 5.97 Å². The normalized spacial score (nSPS) is 32.5. The highest BCUT2D eigenvalue weighted by atomic mass is 19.3. The molecular weight excluding hydrogens is 262 g/mol. The molecule has 1 aromatic rings. The van der Waals surface area contributed by atoms with Gasteiger partial charge in [-0.2, -0.15) is 0 Å². The second-order valence-electron chi connectivity index (χ2n) is 6.29. The third-order valence-corrected chi connectivity index (χ3v) is 5.14. The first-order valence-corrected chi connectivity index (χ1v) is 7.11. The van der Waals surface area contributed by atoms with Crippen LogP contribution in [-0.2, 0) is 10.7 Å². The fraction of sp³-hybridized carbons (Fsp3) is 0.562. The number of carboxylic acids is 1. The molecule has 2 bridgehead atoms. The standard InChI is InChI=1S/C16H18F2O2/c17-16(18,12-4-2-1-3-5-12)10-15(14(19)20)9-11-6-7-13(15)8-11/h1-5,11,13H,6-10H2,(H,19,20). The first-order valence-electron chi connectivity index (χ1n) is 7.11. The highest BCUT2D eigenvalue weighted by Crippen LogP contribution is 2.60. The fourth-order valence-electron chi connectivity index (χ4n) is 4.18. The van der Waals surface area contributed by atoms with Crippen molar-refractivity contribution in [3.8, 4) is 0 Å². The van der Waals surface area contributed by atoms with Gasteiger partial charge in [0.1, 0.15) is 0 Å². The summed E-state index contributed by atoms with van der Waals surface area (Å²) in [5.41, 5.74) is -1.31. The van der Waals surface area contributed by atoms with E-state index in [-0.39, 0.29) is 11.5 Å². The Morgan fingerprint density at radius 1 is 1.30 bits per heavy atom. The van der Waals surface area contributed by atoms with Crippen molar-refractivity contribution in [1.82, 2.24) is 0 Å². The Kier molecular flexibility index (Phi) is 3.07. The van der Waals surface area contributed by atoms with Gasteiger partial charge in [-0.3, -0.25) is 4.79 Å². The van der Waals surface area contributed by atoms with Gasteiger partial charge in [0, 0.05) is 12.0 Å². The molecule has 0 amide bonds. The van der Waals surface area contributed by atoms with Crippen molar-refractivity contribution in [2.24, 2.45) is 17.3 Å². The molecule has 2 nitrogen and oxygen atoms in total. The molecule has 108 valence electrons. The lowest BCUT2D eigenvalue weighted by atomic mass is 9.69. The SMILES string of the molecule is O=C(O)C1(CC(F)(F)c2ccccc2)CC2CCC1C2. The second-order valence-corrected chi connectivity index (χ2v) is 6.29. The fourth-order valence-corrected chi connectivity index (χ4v) is 4.18. The molecule has 0 aromatic heterocycles. The minimum absolute atomic E-state index is 0.0802. The monoisotopic (exact) mass is 280 g/mol. The van der Waals surface area contributed by atoms with Gasteiger partial charge >= 0.3 is 5.97 Å². The number of fused-ring (bicyclic) bond motifs is 2. The molecule has 2 aliphatic rings. The Labute approximate surface area is 116 Å². The van der Waals surface area contributed by atoms with Crippen LogP contribution in [0.4, 0.5) is 8.78 Å². The number of hydrogen-bond acceptors (Lipinski definition) is 1. The van der Waals surface area contributed by atoms with E-state index in [1.165, 1.54) is 12.1 Å². The summed E-state index contributed by atoms with van der Waals surface area (Å²) in [6.45, 7) is 0. The van der Waals surface area contributed by atoms with Crippen LogP contribution < -0.4 is 0 Å². The molecule has 2 saturated carbocycles. The maximum absolute atomic E-state index is 14.5. The zero-order valence-electron chi connectivity index (χ0n) is 11.2. The smallest absolute Gasteiger partial charge is 0.310 e. The lowest BCUT2D eigenvalue weighted by Crippen LogP contribution is -2.40. The molecule has 0 heterocycles. The van der Waals surface area contributed by atoms with E-state index in [0.29, 0.717) is 12.3 Å². The van der Waals surface area contributed by atoms with E-state index in [0.717, 1.165) is 19.3 Å². The van der Waals surface area contributed by atoms with Gasteiger partial charge in [-0.1, -0.05) is 36.8 Å². The Balaban J connectivity index is 1.90. The second kappa shape index (κ2) is 4.54. The zero-order chi connectivity index (χ0) is 14.4. The molecule has 1 N–H and O–H groups in total. The van der Waals surface area contributed by atoms with Crippen LogP contribution in [0.25, 0.3) is 0 Å². The number of carboxylic acid groups (broad SMARTS) is 1. The van der Waals surface area contributed by atoms with Crippen molar-refractivity contribution in [3.63, 3.8) is 0 Å². The largest absolute Gasteiger partial charge is 0.481 e. The van der Waals surface area contributed by atoms with E-state index in [4.69, 9.17) is 0 Å². The van der Waals surface area contributed by atoms with Crippen LogP contribution in [0.15, 0.2) is 30.3 Å². The van der Waals surface area contributed by atoms with Crippen molar-refractivity contribution in [2.75, 3.05) is 0 Å². The van der Waals surface area contributed by atoms with E-state index in [2.05, 4.69) is 0 Å². The Morgan fingerprint density at radius 3 is 2.50 bits per heavy atom. The predicted molar refractivity (Wildman–Crippen MR) is 70.5 cm³/mol. The Morgan fingerprint density at radius 2 is 2.00 bits per heavy atom. The van der Waals surface area contributed by atoms with Crippen molar-refractivity contribution in [3.05, 3.63) is 35.9 Å². The maximum Gasteiger partial charge on any atom is 0.310 e. The van der Waals surface area contributed by atoms with Crippen molar-refractivity contribution in [1.29, 1.82) is 0 Å². The molecule has 4 heteroatoms. The van der Waals surface area contributed by atoms with E-state index < -0.39 is 23.7 Å². The predicted octanol–water partition coefficient (Wildman–Crippen LogP) is 4.06. The Hall–Kier alpha value is -1.45. The molecule has 0 radical (unpaired) electrons. The van der Waals surface area contributed by atoms with Gasteiger partial charge in [0.15, 0.2) is 0 Å². The minimum Gasteiger partial charge on any atom is -0.481 e. The Bertz CT molecular complexity index is 514. The van der Waals surface area contributed by atoms with Crippen LogP contribution >= 0.6 is 0 Å². The molecule has 1 aromatic carbocycles. The molecule has 0 aliphatic heterocycles. The topological polar surface area (TPSA) is 37.3 Å². The van der Waals surface area contributed by atoms with Gasteiger partial charge in [0.05, 0.1) is 5.41 Å². The summed E-state index contributed by atoms with van der Waals surface area (Å²) in [5, 5.41) is 9.56.